The lowest BCUT2D eigenvalue weighted by molar-refractivity contribution is 0.256. The average molecular weight is 366 g/mol. The second-order valence-corrected chi connectivity index (χ2v) is 7.98. The van der Waals surface area contributed by atoms with Crippen LogP contribution in [0.25, 0.3) is 11.4 Å². The molecule has 4 rings (SSSR count). The summed E-state index contributed by atoms with van der Waals surface area (Å²) in [6.07, 6.45) is 2.80. The van der Waals surface area contributed by atoms with Gasteiger partial charge in [-0.05, 0) is 50.2 Å². The van der Waals surface area contributed by atoms with Gasteiger partial charge in [-0.25, -0.2) is 4.98 Å². The van der Waals surface area contributed by atoms with Crippen LogP contribution in [0.1, 0.15) is 41.1 Å². The summed E-state index contributed by atoms with van der Waals surface area (Å²) in [5.41, 5.74) is 4.08. The van der Waals surface area contributed by atoms with Crippen LogP contribution in [0.4, 0.5) is 0 Å². The zero-order chi connectivity index (χ0) is 18.1. The molecule has 0 saturated heterocycles. The summed E-state index contributed by atoms with van der Waals surface area (Å²) in [5, 5.41) is 2.12. The normalized spacial score (nSPS) is 14.6. The van der Waals surface area contributed by atoms with Crippen molar-refractivity contribution in [1.82, 2.24) is 14.9 Å². The largest absolute Gasteiger partial charge is 0.306 e. The lowest BCUT2D eigenvalue weighted by Gasteiger charge is -2.23. The van der Waals surface area contributed by atoms with Gasteiger partial charge < -0.3 is 4.98 Å². The van der Waals surface area contributed by atoms with Crippen molar-refractivity contribution in [1.29, 1.82) is 0 Å². The maximum atomic E-state index is 12.2. The third kappa shape index (κ3) is 3.37. The van der Waals surface area contributed by atoms with Crippen LogP contribution in [0.3, 0.4) is 0 Å². The molecule has 134 valence electrons. The van der Waals surface area contributed by atoms with Gasteiger partial charge in [-0.3, -0.25) is 9.69 Å². The fourth-order valence-corrected chi connectivity index (χ4v) is 4.37. The van der Waals surface area contributed by atoms with Gasteiger partial charge in [0.2, 0.25) is 0 Å². The van der Waals surface area contributed by atoms with Crippen molar-refractivity contribution in [2.75, 3.05) is 7.05 Å². The van der Waals surface area contributed by atoms with Crippen molar-refractivity contribution >= 4 is 11.3 Å². The lowest BCUT2D eigenvalue weighted by atomic mass is 10.1. The molecule has 3 aromatic rings. The van der Waals surface area contributed by atoms with Gasteiger partial charge in [0.15, 0.2) is 0 Å². The molecule has 1 aliphatic rings. The van der Waals surface area contributed by atoms with E-state index < -0.39 is 0 Å². The van der Waals surface area contributed by atoms with Gasteiger partial charge in [0.1, 0.15) is 5.82 Å². The number of hydrogen-bond acceptors (Lipinski definition) is 4. The first-order valence-electron chi connectivity index (χ1n) is 9.07. The molecular weight excluding hydrogens is 342 g/mol. The fourth-order valence-electron chi connectivity index (χ4n) is 3.52. The zero-order valence-corrected chi connectivity index (χ0v) is 16.0. The van der Waals surface area contributed by atoms with Crippen LogP contribution in [-0.4, -0.2) is 21.9 Å². The van der Waals surface area contributed by atoms with Gasteiger partial charge in [-0.15, -0.1) is 11.3 Å². The second kappa shape index (κ2) is 7.17. The molecule has 2 heterocycles. The number of aryl methyl sites for hydroxylation is 1. The minimum atomic E-state index is 0.0242. The SMILES string of the molecule is CC(c1cccs1)N(C)Cc1ccc(-c2nc3c(c(=O)[nH]2)CCC3)cc1. The molecule has 0 spiro atoms. The van der Waals surface area contributed by atoms with E-state index in [-0.39, 0.29) is 5.56 Å². The van der Waals surface area contributed by atoms with Gasteiger partial charge >= 0.3 is 0 Å². The summed E-state index contributed by atoms with van der Waals surface area (Å²) in [6, 6.07) is 13.0. The Morgan fingerprint density at radius 1 is 1.23 bits per heavy atom. The smallest absolute Gasteiger partial charge is 0.254 e. The highest BCUT2D eigenvalue weighted by Gasteiger charge is 2.18. The third-order valence-electron chi connectivity index (χ3n) is 5.22. The van der Waals surface area contributed by atoms with Crippen molar-refractivity contribution in [3.05, 3.63) is 73.8 Å². The van der Waals surface area contributed by atoms with Crippen LogP contribution in [0.2, 0.25) is 0 Å². The predicted octanol–water partition coefficient (Wildman–Crippen LogP) is 4.18. The molecule has 0 saturated carbocycles. The quantitative estimate of drug-likeness (QED) is 0.738. The van der Waals surface area contributed by atoms with Crippen LogP contribution < -0.4 is 5.56 Å². The number of nitrogens with one attached hydrogen (secondary N) is 1. The van der Waals surface area contributed by atoms with Crippen molar-refractivity contribution in [3.63, 3.8) is 0 Å². The first-order valence-corrected chi connectivity index (χ1v) is 9.95. The molecule has 4 nitrogen and oxygen atoms in total. The van der Waals surface area contributed by atoms with E-state index >= 15 is 0 Å². The summed E-state index contributed by atoms with van der Waals surface area (Å²) >= 11 is 1.80. The Labute approximate surface area is 157 Å². The Hall–Kier alpha value is -2.24. The van der Waals surface area contributed by atoms with Crippen LogP contribution >= 0.6 is 11.3 Å². The predicted molar refractivity (Wildman–Crippen MR) is 107 cm³/mol. The van der Waals surface area contributed by atoms with Crippen molar-refractivity contribution < 1.29 is 0 Å². The van der Waals surface area contributed by atoms with Crippen LogP contribution in [-0.2, 0) is 19.4 Å². The molecule has 1 atom stereocenters. The van der Waals surface area contributed by atoms with Crippen molar-refractivity contribution in [2.45, 2.75) is 38.8 Å². The number of aromatic amines is 1. The Morgan fingerprint density at radius 3 is 2.77 bits per heavy atom. The monoisotopic (exact) mass is 365 g/mol. The Bertz CT molecular complexity index is 944. The fraction of sp³-hybridized carbons (Fsp3) is 0.333. The van der Waals surface area contributed by atoms with Gasteiger partial charge in [-0.2, -0.15) is 0 Å². The number of benzene rings is 1. The van der Waals surface area contributed by atoms with Gasteiger partial charge in [-0.1, -0.05) is 30.3 Å². The molecule has 1 aromatic carbocycles. The van der Waals surface area contributed by atoms with E-state index in [0.717, 1.165) is 42.6 Å². The van der Waals surface area contributed by atoms with E-state index in [4.69, 9.17) is 0 Å². The summed E-state index contributed by atoms with van der Waals surface area (Å²) < 4.78 is 0. The number of aromatic nitrogens is 2. The average Bonchev–Trinajstić information content (AvgIpc) is 3.33. The maximum absolute atomic E-state index is 12.2. The molecule has 1 unspecified atom stereocenters. The highest BCUT2D eigenvalue weighted by molar-refractivity contribution is 7.10. The summed E-state index contributed by atoms with van der Waals surface area (Å²) in [6.45, 7) is 3.12. The maximum Gasteiger partial charge on any atom is 0.254 e. The molecule has 0 aliphatic heterocycles. The molecule has 1 aliphatic carbocycles. The number of rotatable bonds is 5. The Morgan fingerprint density at radius 2 is 2.04 bits per heavy atom. The minimum absolute atomic E-state index is 0.0242. The standard InChI is InChI=1S/C21H23N3OS/c1-14(19-7-4-12-26-19)24(2)13-15-8-10-16(11-9-15)20-22-18-6-3-5-17(18)21(25)23-20/h4,7-12,14H,3,5-6,13H2,1-2H3,(H,22,23,25). The van der Waals surface area contributed by atoms with E-state index in [9.17, 15) is 4.79 Å². The summed E-state index contributed by atoms with van der Waals surface area (Å²) in [4.78, 5) is 23.5. The first-order chi connectivity index (χ1) is 12.6. The van der Waals surface area contributed by atoms with Crippen LogP contribution in [0, 0.1) is 0 Å². The van der Waals surface area contributed by atoms with Crippen molar-refractivity contribution in [3.8, 4) is 11.4 Å². The Balaban J connectivity index is 1.50. The minimum Gasteiger partial charge on any atom is -0.306 e. The van der Waals surface area contributed by atoms with Gasteiger partial charge in [0, 0.05) is 28.6 Å². The van der Waals surface area contributed by atoms with Crippen LogP contribution in [0.5, 0.6) is 0 Å². The first kappa shape index (κ1) is 17.2. The molecular formula is C21H23N3OS. The molecule has 26 heavy (non-hydrogen) atoms. The number of H-pyrrole nitrogens is 1. The molecule has 0 radical (unpaired) electrons. The number of hydrogen-bond donors (Lipinski definition) is 1. The van der Waals surface area contributed by atoms with E-state index in [1.54, 1.807) is 11.3 Å². The van der Waals surface area contributed by atoms with E-state index in [1.807, 2.05) is 0 Å². The number of fused-ring (bicyclic) bond motifs is 1. The summed E-state index contributed by atoms with van der Waals surface area (Å²) in [7, 11) is 2.15. The molecule has 1 N–H and O–H groups in total. The third-order valence-corrected chi connectivity index (χ3v) is 6.26. The molecule has 2 aromatic heterocycles. The molecule has 5 heteroatoms. The number of nitrogens with zero attached hydrogens (tertiary/aromatic N) is 2. The van der Waals surface area contributed by atoms with E-state index in [2.05, 4.69) is 70.6 Å². The topological polar surface area (TPSA) is 49.0 Å². The van der Waals surface area contributed by atoms with Gasteiger partial charge in [0.05, 0.1) is 5.69 Å². The van der Waals surface area contributed by atoms with Crippen molar-refractivity contribution in [2.24, 2.45) is 0 Å². The number of thiophene rings is 1. The van der Waals surface area contributed by atoms with Gasteiger partial charge in [0.25, 0.3) is 5.56 Å². The second-order valence-electron chi connectivity index (χ2n) is 7.00. The highest BCUT2D eigenvalue weighted by Crippen LogP contribution is 2.25. The zero-order valence-electron chi connectivity index (χ0n) is 15.2. The van der Waals surface area contributed by atoms with E-state index in [0.29, 0.717) is 11.9 Å². The summed E-state index contributed by atoms with van der Waals surface area (Å²) in [5.74, 6) is 0.683. The van der Waals surface area contributed by atoms with E-state index in [1.165, 1.54) is 10.4 Å². The van der Waals surface area contributed by atoms with Crippen LogP contribution in [0.15, 0.2) is 46.6 Å². The highest BCUT2D eigenvalue weighted by atomic mass is 32.1. The molecule has 0 amide bonds. The lowest BCUT2D eigenvalue weighted by Crippen LogP contribution is -2.21. The molecule has 0 fully saturated rings. The molecule has 0 bridgehead atoms. The Kier molecular flexibility index (Phi) is 4.74.